The van der Waals surface area contributed by atoms with Crippen LogP contribution in [0.15, 0.2) is 42.5 Å². The molecule has 0 amide bonds. The summed E-state index contributed by atoms with van der Waals surface area (Å²) in [5.41, 5.74) is 1.35. The van der Waals surface area contributed by atoms with E-state index in [0.29, 0.717) is 0 Å². The van der Waals surface area contributed by atoms with Gasteiger partial charge in [0.05, 0.1) is 0 Å². The Kier molecular flexibility index (Phi) is 3.39. The van der Waals surface area contributed by atoms with Crippen molar-refractivity contribution in [2.45, 2.75) is 19.3 Å². The van der Waals surface area contributed by atoms with E-state index in [-0.39, 0.29) is 0 Å². The van der Waals surface area contributed by atoms with Crippen molar-refractivity contribution in [3.05, 3.63) is 61.4 Å². The minimum absolute atomic E-state index is 1.02. The lowest BCUT2D eigenvalue weighted by molar-refractivity contribution is 0.837. The van der Waals surface area contributed by atoms with Gasteiger partial charge in [0.25, 0.3) is 0 Å². The Morgan fingerprint density at radius 2 is 1.80 bits per heavy atom. The van der Waals surface area contributed by atoms with E-state index in [0.717, 1.165) is 12.8 Å². The van der Waals surface area contributed by atoms with Gasteiger partial charge in [0.1, 0.15) is 0 Å². The van der Waals surface area contributed by atoms with E-state index in [1.54, 1.807) is 0 Å². The van der Waals surface area contributed by atoms with Crippen molar-refractivity contribution >= 4 is 10.8 Å². The van der Waals surface area contributed by atoms with E-state index < -0.39 is 0 Å². The molecule has 0 atom stereocenters. The molecule has 0 nitrogen and oxygen atoms in total. The summed E-state index contributed by atoms with van der Waals surface area (Å²) in [6.07, 6.45) is 5.62. The van der Waals surface area contributed by atoms with Crippen molar-refractivity contribution in [3.63, 3.8) is 0 Å². The third kappa shape index (κ3) is 2.38. The fourth-order valence-corrected chi connectivity index (χ4v) is 1.83. The zero-order chi connectivity index (χ0) is 10.5. The molecule has 0 spiro atoms. The van der Waals surface area contributed by atoms with Gasteiger partial charge in [0, 0.05) is 0 Å². The number of fused-ring (bicyclic) bond motifs is 1. The highest BCUT2D eigenvalue weighted by Crippen LogP contribution is 2.21. The van der Waals surface area contributed by atoms with E-state index in [2.05, 4.69) is 55.8 Å². The molecule has 0 heteroatoms. The van der Waals surface area contributed by atoms with Crippen LogP contribution >= 0.6 is 0 Å². The second-order valence-electron chi connectivity index (χ2n) is 3.77. The highest BCUT2D eigenvalue weighted by atomic mass is 14.0. The molecule has 0 bridgehead atoms. The van der Waals surface area contributed by atoms with Crippen LogP contribution in [0, 0.1) is 13.3 Å². The quantitative estimate of drug-likeness (QED) is 0.636. The highest BCUT2D eigenvalue weighted by Gasteiger charge is 1.99. The summed E-state index contributed by atoms with van der Waals surface area (Å²) in [6, 6.07) is 15.0. The third-order valence-corrected chi connectivity index (χ3v) is 2.64. The second-order valence-corrected chi connectivity index (χ2v) is 3.77. The maximum absolute atomic E-state index is 3.86. The van der Waals surface area contributed by atoms with Gasteiger partial charge in [-0.05, 0) is 29.2 Å². The second kappa shape index (κ2) is 4.97. The van der Waals surface area contributed by atoms with Crippen LogP contribution in [0.3, 0.4) is 0 Å². The normalized spacial score (nSPS) is 10.7. The van der Waals surface area contributed by atoms with E-state index in [9.17, 15) is 0 Å². The van der Waals surface area contributed by atoms with Gasteiger partial charge in [-0.1, -0.05) is 62.2 Å². The SMILES string of the molecule is [CH2]CCC[CH]c1cccc2ccccc12. The minimum Gasteiger partial charge on any atom is -0.0616 e. The largest absolute Gasteiger partial charge is 0.0616 e. The molecule has 0 aliphatic rings. The maximum Gasteiger partial charge on any atom is -0.00867 e. The van der Waals surface area contributed by atoms with Gasteiger partial charge >= 0.3 is 0 Å². The molecule has 2 radical (unpaired) electrons. The Labute approximate surface area is 91.9 Å². The first-order chi connectivity index (χ1) is 7.42. The summed E-state index contributed by atoms with van der Waals surface area (Å²) in [4.78, 5) is 0. The van der Waals surface area contributed by atoms with E-state index in [1.165, 1.54) is 22.8 Å². The smallest absolute Gasteiger partial charge is 0.00867 e. The Bertz CT molecular complexity index is 423. The van der Waals surface area contributed by atoms with Gasteiger partial charge in [0.2, 0.25) is 0 Å². The van der Waals surface area contributed by atoms with Gasteiger partial charge in [-0.15, -0.1) is 0 Å². The molecule has 0 fully saturated rings. The van der Waals surface area contributed by atoms with E-state index in [1.807, 2.05) is 0 Å². The van der Waals surface area contributed by atoms with E-state index in [4.69, 9.17) is 0 Å². The zero-order valence-electron chi connectivity index (χ0n) is 8.95. The average molecular weight is 196 g/mol. The molecule has 2 aromatic carbocycles. The van der Waals surface area contributed by atoms with Gasteiger partial charge in [-0.25, -0.2) is 0 Å². The van der Waals surface area contributed by atoms with Crippen LogP contribution in [-0.4, -0.2) is 0 Å². The van der Waals surface area contributed by atoms with Gasteiger partial charge in [0.15, 0.2) is 0 Å². The molecular weight excluding hydrogens is 180 g/mol. The van der Waals surface area contributed by atoms with Crippen LogP contribution in [0.25, 0.3) is 10.8 Å². The number of unbranched alkanes of at least 4 members (excludes halogenated alkanes) is 2. The molecule has 0 heterocycles. The molecule has 0 saturated heterocycles. The summed E-state index contributed by atoms with van der Waals surface area (Å²) in [5.74, 6) is 0. The molecular formula is C15H16. The van der Waals surface area contributed by atoms with Gasteiger partial charge in [-0.3, -0.25) is 0 Å². The molecule has 0 N–H and O–H groups in total. The first kappa shape index (κ1) is 10.2. The van der Waals surface area contributed by atoms with Crippen molar-refractivity contribution in [2.75, 3.05) is 0 Å². The van der Waals surface area contributed by atoms with Gasteiger partial charge in [-0.2, -0.15) is 0 Å². The molecule has 0 saturated carbocycles. The van der Waals surface area contributed by atoms with Crippen molar-refractivity contribution in [3.8, 4) is 0 Å². The number of hydrogen-bond donors (Lipinski definition) is 0. The number of benzene rings is 2. The average Bonchev–Trinajstić information content (AvgIpc) is 2.30. The number of rotatable bonds is 4. The summed E-state index contributed by atoms with van der Waals surface area (Å²) < 4.78 is 0. The van der Waals surface area contributed by atoms with Crippen LogP contribution in [-0.2, 0) is 0 Å². The number of hydrogen-bond acceptors (Lipinski definition) is 0. The molecule has 0 unspecified atom stereocenters. The lowest BCUT2D eigenvalue weighted by Crippen LogP contribution is -1.84. The summed E-state index contributed by atoms with van der Waals surface area (Å²) in [5, 5.41) is 2.67. The van der Waals surface area contributed by atoms with E-state index >= 15 is 0 Å². The third-order valence-electron chi connectivity index (χ3n) is 2.64. The fourth-order valence-electron chi connectivity index (χ4n) is 1.83. The van der Waals surface area contributed by atoms with Crippen LogP contribution < -0.4 is 0 Å². The Balaban J connectivity index is 2.26. The molecule has 76 valence electrons. The summed E-state index contributed by atoms with van der Waals surface area (Å²) in [6.45, 7) is 3.86. The summed E-state index contributed by atoms with van der Waals surface area (Å²) >= 11 is 0. The van der Waals surface area contributed by atoms with Crippen molar-refractivity contribution in [1.29, 1.82) is 0 Å². The Morgan fingerprint density at radius 1 is 1.00 bits per heavy atom. The predicted octanol–water partition coefficient (Wildman–Crippen LogP) is 4.40. The van der Waals surface area contributed by atoms with Crippen molar-refractivity contribution < 1.29 is 0 Å². The minimum atomic E-state index is 1.02. The van der Waals surface area contributed by atoms with Crippen LogP contribution in [0.2, 0.25) is 0 Å². The highest BCUT2D eigenvalue weighted by molar-refractivity contribution is 5.86. The first-order valence-corrected chi connectivity index (χ1v) is 5.52. The van der Waals surface area contributed by atoms with Crippen molar-refractivity contribution in [2.24, 2.45) is 0 Å². The maximum atomic E-state index is 3.86. The first-order valence-electron chi connectivity index (χ1n) is 5.52. The molecule has 0 aromatic heterocycles. The molecule has 0 aliphatic carbocycles. The predicted molar refractivity (Wildman–Crippen MR) is 66.6 cm³/mol. The molecule has 0 aliphatic heterocycles. The molecule has 2 aromatic rings. The van der Waals surface area contributed by atoms with Crippen LogP contribution in [0.5, 0.6) is 0 Å². The topological polar surface area (TPSA) is 0 Å². The lowest BCUT2D eigenvalue weighted by atomic mass is 10.00. The fraction of sp³-hybridized carbons (Fsp3) is 0.200. The molecule has 2 rings (SSSR count). The van der Waals surface area contributed by atoms with Gasteiger partial charge < -0.3 is 0 Å². The lowest BCUT2D eigenvalue weighted by Gasteiger charge is -2.05. The Hall–Kier alpha value is -1.30. The van der Waals surface area contributed by atoms with Crippen molar-refractivity contribution in [1.82, 2.24) is 0 Å². The molecule has 15 heavy (non-hydrogen) atoms. The van der Waals surface area contributed by atoms with Crippen LogP contribution in [0.4, 0.5) is 0 Å². The summed E-state index contributed by atoms with van der Waals surface area (Å²) in [7, 11) is 0. The standard InChI is InChI=1S/C15H16/c1-2-3-4-8-13-10-7-11-14-9-5-6-12-15(13)14/h5-12H,1-4H2. The van der Waals surface area contributed by atoms with Crippen LogP contribution in [0.1, 0.15) is 24.8 Å². The Morgan fingerprint density at radius 3 is 2.67 bits per heavy atom. The monoisotopic (exact) mass is 196 g/mol. The zero-order valence-corrected chi connectivity index (χ0v) is 8.95.